The lowest BCUT2D eigenvalue weighted by Gasteiger charge is -2.06. The van der Waals surface area contributed by atoms with E-state index in [2.05, 4.69) is 10.3 Å². The first kappa shape index (κ1) is 8.85. The van der Waals surface area contributed by atoms with Gasteiger partial charge >= 0.3 is 0 Å². The normalized spacial score (nSPS) is 21.3. The van der Waals surface area contributed by atoms with Crippen molar-refractivity contribution in [1.82, 2.24) is 15.1 Å². The maximum absolute atomic E-state index is 13.9. The summed E-state index contributed by atoms with van der Waals surface area (Å²) in [6.07, 6.45) is 2.06. The van der Waals surface area contributed by atoms with E-state index < -0.39 is 0 Å². The van der Waals surface area contributed by atoms with Crippen LogP contribution >= 0.6 is 0 Å². The van der Waals surface area contributed by atoms with Crippen molar-refractivity contribution in [2.45, 2.75) is 18.9 Å². The molecule has 0 bridgehead atoms. The van der Waals surface area contributed by atoms with Gasteiger partial charge in [-0.3, -0.25) is 0 Å². The summed E-state index contributed by atoms with van der Waals surface area (Å²) in [6, 6.07) is 7.36. The zero-order valence-corrected chi connectivity index (χ0v) is 8.28. The second kappa shape index (κ2) is 3.31. The van der Waals surface area contributed by atoms with Gasteiger partial charge in [-0.05, 0) is 31.5 Å². The number of imidazole rings is 1. The quantitative estimate of drug-likeness (QED) is 0.773. The number of benzene rings is 1. The van der Waals surface area contributed by atoms with E-state index in [-0.39, 0.29) is 6.04 Å². The van der Waals surface area contributed by atoms with Crippen LogP contribution in [0.1, 0.15) is 24.7 Å². The maximum Gasteiger partial charge on any atom is 0.157 e. The highest BCUT2D eigenvalue weighted by molar-refractivity contribution is 5.75. The van der Waals surface area contributed by atoms with Gasteiger partial charge in [-0.15, -0.1) is 0 Å². The van der Waals surface area contributed by atoms with Crippen molar-refractivity contribution in [2.75, 3.05) is 6.54 Å². The van der Waals surface area contributed by atoms with Crippen LogP contribution in [0.15, 0.2) is 24.3 Å². The molecule has 3 nitrogen and oxygen atoms in total. The number of nitrogens with zero attached hydrogens (tertiary/aromatic N) is 2. The SMILES string of the molecule is Fn1c([C@@H]2CCCN2)nc2ccccc21. The summed E-state index contributed by atoms with van der Waals surface area (Å²) in [4.78, 5) is 5.03. The minimum absolute atomic E-state index is 0.0717. The Bertz CT molecular complexity index is 486. The molecule has 1 fully saturated rings. The lowest BCUT2D eigenvalue weighted by Crippen LogP contribution is -2.15. The summed E-state index contributed by atoms with van der Waals surface area (Å²) in [6.45, 7) is 0.952. The molecule has 1 saturated heterocycles. The molecular formula is C11H12FN3. The summed E-state index contributed by atoms with van der Waals surface area (Å²) in [5, 5.41) is 3.25. The molecule has 78 valence electrons. The number of hydrogen-bond acceptors (Lipinski definition) is 2. The molecule has 1 aliphatic rings. The summed E-state index contributed by atoms with van der Waals surface area (Å²) in [5.41, 5.74) is 1.28. The summed E-state index contributed by atoms with van der Waals surface area (Å²) < 4.78 is 13.9. The maximum atomic E-state index is 13.9. The molecule has 0 radical (unpaired) electrons. The van der Waals surface area contributed by atoms with Gasteiger partial charge < -0.3 is 5.32 Å². The van der Waals surface area contributed by atoms with Crippen LogP contribution in [0.25, 0.3) is 11.0 Å². The molecule has 1 N–H and O–H groups in total. The molecule has 1 aromatic carbocycles. The fraction of sp³-hybridized carbons (Fsp3) is 0.364. The van der Waals surface area contributed by atoms with Crippen molar-refractivity contribution in [2.24, 2.45) is 0 Å². The Morgan fingerprint density at radius 1 is 1.40 bits per heavy atom. The predicted molar refractivity (Wildman–Crippen MR) is 56.2 cm³/mol. The zero-order chi connectivity index (χ0) is 10.3. The van der Waals surface area contributed by atoms with Crippen molar-refractivity contribution in [1.29, 1.82) is 0 Å². The van der Waals surface area contributed by atoms with Crippen molar-refractivity contribution in [3.05, 3.63) is 30.1 Å². The topological polar surface area (TPSA) is 29.9 Å². The number of hydrogen-bond donors (Lipinski definition) is 1. The van der Waals surface area contributed by atoms with Crippen LogP contribution in [0.5, 0.6) is 0 Å². The fourth-order valence-corrected chi connectivity index (χ4v) is 2.14. The van der Waals surface area contributed by atoms with E-state index in [1.54, 1.807) is 6.07 Å². The van der Waals surface area contributed by atoms with E-state index in [0.29, 0.717) is 16.1 Å². The number of halogens is 1. The van der Waals surface area contributed by atoms with Crippen LogP contribution in [0, 0.1) is 0 Å². The molecule has 0 unspecified atom stereocenters. The Morgan fingerprint density at radius 2 is 2.27 bits per heavy atom. The van der Waals surface area contributed by atoms with E-state index in [9.17, 15) is 4.48 Å². The second-order valence-corrected chi connectivity index (χ2v) is 3.89. The molecule has 2 heterocycles. The summed E-state index contributed by atoms with van der Waals surface area (Å²) in [7, 11) is 0. The van der Waals surface area contributed by atoms with Crippen molar-refractivity contribution >= 4 is 11.0 Å². The van der Waals surface area contributed by atoms with Gasteiger partial charge in [0, 0.05) is 0 Å². The molecule has 1 aliphatic heterocycles. The van der Waals surface area contributed by atoms with Crippen molar-refractivity contribution in [3.8, 4) is 0 Å². The average molecular weight is 205 g/mol. The number of fused-ring (bicyclic) bond motifs is 1. The number of para-hydroxylation sites is 2. The van der Waals surface area contributed by atoms with Gasteiger partial charge in [0.2, 0.25) is 0 Å². The highest BCUT2D eigenvalue weighted by Crippen LogP contribution is 2.26. The van der Waals surface area contributed by atoms with E-state index in [0.717, 1.165) is 24.9 Å². The van der Waals surface area contributed by atoms with Gasteiger partial charge in [0.15, 0.2) is 5.82 Å². The minimum atomic E-state index is 0.0717. The van der Waals surface area contributed by atoms with Crippen LogP contribution in [0.2, 0.25) is 0 Å². The number of nitrogens with one attached hydrogen (secondary N) is 1. The monoisotopic (exact) mass is 205 g/mol. The Morgan fingerprint density at radius 3 is 3.00 bits per heavy atom. The number of rotatable bonds is 1. The molecule has 1 atom stereocenters. The van der Waals surface area contributed by atoms with Crippen LogP contribution in [0.4, 0.5) is 4.48 Å². The molecule has 4 heteroatoms. The van der Waals surface area contributed by atoms with Gasteiger partial charge in [-0.2, -0.15) is 4.79 Å². The Kier molecular flexibility index (Phi) is 1.95. The third-order valence-corrected chi connectivity index (χ3v) is 2.90. The highest BCUT2D eigenvalue weighted by atomic mass is 19.2. The molecule has 0 saturated carbocycles. The molecule has 15 heavy (non-hydrogen) atoms. The van der Waals surface area contributed by atoms with Gasteiger partial charge in [-0.1, -0.05) is 16.6 Å². The molecule has 0 amide bonds. The zero-order valence-electron chi connectivity index (χ0n) is 8.28. The Balaban J connectivity index is 2.14. The molecule has 0 spiro atoms. The van der Waals surface area contributed by atoms with Crippen LogP contribution in [-0.4, -0.2) is 16.3 Å². The third kappa shape index (κ3) is 1.33. The molecule has 2 aromatic rings. The van der Waals surface area contributed by atoms with Crippen LogP contribution < -0.4 is 5.32 Å². The predicted octanol–water partition coefficient (Wildman–Crippen LogP) is 2.19. The smallest absolute Gasteiger partial charge is 0.157 e. The Hall–Kier alpha value is -1.42. The van der Waals surface area contributed by atoms with Gasteiger partial charge in [-0.25, -0.2) is 4.98 Å². The van der Waals surface area contributed by atoms with E-state index in [1.165, 1.54) is 0 Å². The van der Waals surface area contributed by atoms with Crippen molar-refractivity contribution < 1.29 is 4.48 Å². The van der Waals surface area contributed by atoms with Crippen LogP contribution in [-0.2, 0) is 0 Å². The van der Waals surface area contributed by atoms with Crippen LogP contribution in [0.3, 0.4) is 0 Å². The van der Waals surface area contributed by atoms with Crippen molar-refractivity contribution in [3.63, 3.8) is 0 Å². The summed E-state index contributed by atoms with van der Waals surface area (Å²) in [5.74, 6) is 0.508. The lowest BCUT2D eigenvalue weighted by atomic mass is 10.2. The first-order valence-electron chi connectivity index (χ1n) is 5.23. The van der Waals surface area contributed by atoms with E-state index >= 15 is 0 Å². The molecule has 1 aromatic heterocycles. The summed E-state index contributed by atoms with van der Waals surface area (Å²) >= 11 is 0. The molecule has 3 rings (SSSR count). The van der Waals surface area contributed by atoms with E-state index in [1.807, 2.05) is 18.2 Å². The highest BCUT2D eigenvalue weighted by Gasteiger charge is 2.23. The number of aromatic nitrogens is 2. The largest absolute Gasteiger partial charge is 0.307 e. The average Bonchev–Trinajstić information content (AvgIpc) is 2.87. The minimum Gasteiger partial charge on any atom is -0.307 e. The first-order valence-corrected chi connectivity index (χ1v) is 5.23. The fourth-order valence-electron chi connectivity index (χ4n) is 2.14. The molecule has 0 aliphatic carbocycles. The first-order chi connectivity index (χ1) is 7.36. The van der Waals surface area contributed by atoms with E-state index in [4.69, 9.17) is 0 Å². The standard InChI is InChI=1S/C11H12FN3/c12-15-10-6-2-1-4-8(10)14-11(15)9-5-3-7-13-9/h1-2,4,6,9,13H,3,5,7H2/t9-/m0/s1. The molecular weight excluding hydrogens is 193 g/mol. The van der Waals surface area contributed by atoms with Gasteiger partial charge in [0.25, 0.3) is 0 Å². The van der Waals surface area contributed by atoms with Gasteiger partial charge in [0.1, 0.15) is 5.52 Å². The second-order valence-electron chi connectivity index (χ2n) is 3.89. The third-order valence-electron chi connectivity index (χ3n) is 2.90. The lowest BCUT2D eigenvalue weighted by molar-refractivity contribution is 0.348. The van der Waals surface area contributed by atoms with Gasteiger partial charge in [0.05, 0.1) is 11.6 Å². The Labute approximate surface area is 86.9 Å².